The maximum absolute atomic E-state index is 12.3. The fraction of sp³-hybridized carbons (Fsp3) is 0.278. The van der Waals surface area contributed by atoms with Crippen molar-refractivity contribution < 1.29 is 17.9 Å². The number of ether oxygens (including phenoxy) is 2. The Morgan fingerprint density at radius 3 is 2.36 bits per heavy atom. The van der Waals surface area contributed by atoms with Gasteiger partial charge in [0.15, 0.2) is 11.5 Å². The molecule has 5 nitrogen and oxygen atoms in total. The van der Waals surface area contributed by atoms with Gasteiger partial charge in [-0.2, -0.15) is 12.8 Å². The zero-order chi connectivity index (χ0) is 18.6. The van der Waals surface area contributed by atoms with Crippen LogP contribution in [-0.2, 0) is 10.0 Å². The standard InChI is InChI=1S/C18H20BrNO4S/c1-12(2)24-18-16(19)9-14(10-17(18)23-4)11-20-25(21,22)15-7-5-13(3)6-8-15/h5-12H,1-4H3/b20-11-. The summed E-state index contributed by atoms with van der Waals surface area (Å²) in [5.74, 6) is 1.06. The molecule has 0 radical (unpaired) electrons. The molecule has 2 aromatic carbocycles. The van der Waals surface area contributed by atoms with Crippen molar-refractivity contribution in [3.8, 4) is 11.5 Å². The molecule has 0 unspecified atom stereocenters. The van der Waals surface area contributed by atoms with Crippen LogP contribution in [0.15, 0.2) is 50.2 Å². The second-order valence-electron chi connectivity index (χ2n) is 5.72. The van der Waals surface area contributed by atoms with Crippen molar-refractivity contribution in [1.82, 2.24) is 0 Å². The molecule has 0 saturated heterocycles. The summed E-state index contributed by atoms with van der Waals surface area (Å²) in [7, 11) is -2.23. The van der Waals surface area contributed by atoms with E-state index >= 15 is 0 Å². The topological polar surface area (TPSA) is 65.0 Å². The molecule has 0 atom stereocenters. The highest BCUT2D eigenvalue weighted by molar-refractivity contribution is 9.10. The maximum atomic E-state index is 12.3. The van der Waals surface area contributed by atoms with E-state index in [1.54, 1.807) is 24.3 Å². The number of halogens is 1. The Labute approximate surface area is 156 Å². The van der Waals surface area contributed by atoms with Crippen molar-refractivity contribution in [3.63, 3.8) is 0 Å². The van der Waals surface area contributed by atoms with Gasteiger partial charge in [0.2, 0.25) is 0 Å². The highest BCUT2D eigenvalue weighted by Crippen LogP contribution is 2.37. The lowest BCUT2D eigenvalue weighted by Crippen LogP contribution is -2.07. The van der Waals surface area contributed by atoms with Crippen LogP contribution >= 0.6 is 15.9 Å². The van der Waals surface area contributed by atoms with Crippen LogP contribution in [0.25, 0.3) is 0 Å². The number of benzene rings is 2. The van der Waals surface area contributed by atoms with Gasteiger partial charge in [-0.25, -0.2) is 0 Å². The van der Waals surface area contributed by atoms with E-state index in [0.717, 1.165) is 5.56 Å². The lowest BCUT2D eigenvalue weighted by atomic mass is 10.2. The van der Waals surface area contributed by atoms with Gasteiger partial charge >= 0.3 is 0 Å². The molecule has 7 heteroatoms. The molecule has 0 heterocycles. The lowest BCUT2D eigenvalue weighted by Gasteiger charge is -2.15. The van der Waals surface area contributed by atoms with Gasteiger partial charge < -0.3 is 9.47 Å². The molecule has 0 aliphatic carbocycles. The number of hydrogen-bond acceptors (Lipinski definition) is 4. The van der Waals surface area contributed by atoms with Crippen molar-refractivity contribution in [2.45, 2.75) is 31.8 Å². The molecule has 0 aliphatic rings. The van der Waals surface area contributed by atoms with Gasteiger partial charge in [0.25, 0.3) is 10.0 Å². The number of rotatable bonds is 6. The molecule has 0 bridgehead atoms. The highest BCUT2D eigenvalue weighted by Gasteiger charge is 2.14. The first-order chi connectivity index (χ1) is 11.7. The van der Waals surface area contributed by atoms with Gasteiger partial charge in [-0.3, -0.25) is 0 Å². The predicted octanol–water partition coefficient (Wildman–Crippen LogP) is 4.36. The van der Waals surface area contributed by atoms with E-state index < -0.39 is 10.0 Å². The van der Waals surface area contributed by atoms with Gasteiger partial charge in [-0.1, -0.05) is 17.7 Å². The third-order valence-corrected chi connectivity index (χ3v) is 5.10. The molecule has 0 spiro atoms. The van der Waals surface area contributed by atoms with Gasteiger partial charge in [-0.05, 0) is 66.5 Å². The van der Waals surface area contributed by atoms with Crippen LogP contribution < -0.4 is 9.47 Å². The zero-order valence-corrected chi connectivity index (χ0v) is 16.9. The Morgan fingerprint density at radius 2 is 1.80 bits per heavy atom. The van der Waals surface area contributed by atoms with E-state index in [2.05, 4.69) is 20.3 Å². The summed E-state index contributed by atoms with van der Waals surface area (Å²) < 4.78 is 40.1. The first kappa shape index (κ1) is 19.5. The quantitative estimate of drug-likeness (QED) is 0.644. The Morgan fingerprint density at radius 1 is 1.16 bits per heavy atom. The molecule has 134 valence electrons. The summed E-state index contributed by atoms with van der Waals surface area (Å²) in [6, 6.07) is 9.96. The van der Waals surface area contributed by atoms with Crippen LogP contribution in [0.5, 0.6) is 11.5 Å². The van der Waals surface area contributed by atoms with Crippen molar-refractivity contribution in [1.29, 1.82) is 0 Å². The minimum absolute atomic E-state index is 0.0216. The number of hydrogen-bond donors (Lipinski definition) is 0. The minimum atomic E-state index is -3.75. The molecule has 0 aromatic heterocycles. The van der Waals surface area contributed by atoms with Crippen molar-refractivity contribution in [3.05, 3.63) is 52.0 Å². The van der Waals surface area contributed by atoms with Crippen LogP contribution in [0, 0.1) is 6.92 Å². The average Bonchev–Trinajstić information content (AvgIpc) is 2.55. The smallest absolute Gasteiger partial charge is 0.282 e. The number of aryl methyl sites for hydroxylation is 1. The van der Waals surface area contributed by atoms with Gasteiger partial charge in [-0.15, -0.1) is 0 Å². The summed E-state index contributed by atoms with van der Waals surface area (Å²) in [6.45, 7) is 5.72. The number of methoxy groups -OCH3 is 1. The molecular weight excluding hydrogens is 406 g/mol. The summed E-state index contributed by atoms with van der Waals surface area (Å²) in [4.78, 5) is 0.153. The van der Waals surface area contributed by atoms with E-state index in [9.17, 15) is 8.42 Å². The molecular formula is C18H20BrNO4S. The Kier molecular flexibility index (Phi) is 6.24. The normalized spacial score (nSPS) is 11.9. The first-order valence-corrected chi connectivity index (χ1v) is 9.87. The highest BCUT2D eigenvalue weighted by atomic mass is 79.9. The third kappa shape index (κ3) is 5.06. The molecule has 0 N–H and O–H groups in total. The number of nitrogens with zero attached hydrogens (tertiary/aromatic N) is 1. The van der Waals surface area contributed by atoms with Gasteiger partial charge in [0.05, 0.1) is 22.6 Å². The minimum Gasteiger partial charge on any atom is -0.493 e. The summed E-state index contributed by atoms with van der Waals surface area (Å²) in [5, 5.41) is 0. The van der Waals surface area contributed by atoms with Crippen LogP contribution in [0.1, 0.15) is 25.0 Å². The van der Waals surface area contributed by atoms with E-state index in [1.165, 1.54) is 25.5 Å². The second-order valence-corrected chi connectivity index (χ2v) is 8.21. The summed E-state index contributed by atoms with van der Waals surface area (Å²) >= 11 is 3.42. The molecule has 0 saturated carbocycles. The Hall–Kier alpha value is -1.86. The van der Waals surface area contributed by atoms with Crippen LogP contribution in [0.3, 0.4) is 0 Å². The van der Waals surface area contributed by atoms with E-state index in [-0.39, 0.29) is 11.0 Å². The van der Waals surface area contributed by atoms with Gasteiger partial charge in [0.1, 0.15) is 0 Å². The van der Waals surface area contributed by atoms with E-state index in [4.69, 9.17) is 9.47 Å². The summed E-state index contributed by atoms with van der Waals surface area (Å²) in [6.07, 6.45) is 1.27. The predicted molar refractivity (Wildman–Crippen MR) is 102 cm³/mol. The van der Waals surface area contributed by atoms with Crippen LogP contribution in [0.4, 0.5) is 0 Å². The van der Waals surface area contributed by atoms with Gasteiger partial charge in [0, 0.05) is 6.21 Å². The Balaban J connectivity index is 2.34. The van der Waals surface area contributed by atoms with E-state index in [0.29, 0.717) is 21.5 Å². The fourth-order valence-electron chi connectivity index (χ4n) is 2.07. The SMILES string of the molecule is COc1cc(/C=N\S(=O)(=O)c2ccc(C)cc2)cc(Br)c1OC(C)C. The molecule has 0 aliphatic heterocycles. The third-order valence-electron chi connectivity index (χ3n) is 3.26. The van der Waals surface area contributed by atoms with Crippen molar-refractivity contribution in [2.75, 3.05) is 7.11 Å². The molecule has 0 fully saturated rings. The largest absolute Gasteiger partial charge is 0.493 e. The molecule has 25 heavy (non-hydrogen) atoms. The second kappa shape index (κ2) is 8.01. The maximum Gasteiger partial charge on any atom is 0.282 e. The zero-order valence-electron chi connectivity index (χ0n) is 14.5. The molecule has 2 aromatic rings. The molecule has 2 rings (SSSR count). The molecule has 0 amide bonds. The average molecular weight is 426 g/mol. The first-order valence-electron chi connectivity index (χ1n) is 7.64. The monoisotopic (exact) mass is 425 g/mol. The lowest BCUT2D eigenvalue weighted by molar-refractivity contribution is 0.228. The van der Waals surface area contributed by atoms with Crippen LogP contribution in [-0.4, -0.2) is 27.8 Å². The summed E-state index contributed by atoms with van der Waals surface area (Å²) in [5.41, 5.74) is 1.56. The van der Waals surface area contributed by atoms with Crippen molar-refractivity contribution in [2.24, 2.45) is 4.40 Å². The van der Waals surface area contributed by atoms with Crippen molar-refractivity contribution >= 4 is 32.2 Å². The number of sulfonamides is 1. The van der Waals surface area contributed by atoms with Crippen LogP contribution in [0.2, 0.25) is 0 Å². The Bertz CT molecular complexity index is 875. The fourth-order valence-corrected chi connectivity index (χ4v) is 3.48. The van der Waals surface area contributed by atoms with E-state index in [1.807, 2.05) is 20.8 Å².